The van der Waals surface area contributed by atoms with E-state index in [0.717, 1.165) is 17.2 Å². The van der Waals surface area contributed by atoms with E-state index in [0.29, 0.717) is 5.69 Å². The Balaban J connectivity index is 1.32. The number of rotatable bonds is 6. The molecule has 0 aliphatic heterocycles. The molecule has 262 valence electrons. The number of para-hydroxylation sites is 2. The van der Waals surface area contributed by atoms with Gasteiger partial charge in [0.05, 0.1) is 45.4 Å². The number of hydrogen-bond acceptors (Lipinski definition) is 3. The predicted octanol–water partition coefficient (Wildman–Crippen LogP) is 12.7. The van der Waals surface area contributed by atoms with Gasteiger partial charge in [0.1, 0.15) is 0 Å². The Morgan fingerprint density at radius 1 is 0.357 bits per heavy atom. The second kappa shape index (κ2) is 13.0. The topological polar surface area (TPSA) is 48.5 Å². The number of hydrogen-bond donors (Lipinski definition) is 0. The molecule has 11 rings (SSSR count). The van der Waals surface area contributed by atoms with Gasteiger partial charge in [-0.25, -0.2) is 4.98 Å². The van der Waals surface area contributed by atoms with E-state index in [9.17, 15) is 6.85 Å². The van der Waals surface area contributed by atoms with Gasteiger partial charge in [0.15, 0.2) is 11.6 Å². The van der Waals surface area contributed by atoms with Crippen LogP contribution < -0.4 is 0 Å². The van der Waals surface area contributed by atoms with Gasteiger partial charge in [-0.1, -0.05) is 176 Å². The van der Waals surface area contributed by atoms with Crippen LogP contribution in [-0.2, 0) is 0 Å². The zero-order chi connectivity index (χ0) is 51.8. The van der Waals surface area contributed by atoms with E-state index in [2.05, 4.69) is 4.98 Å². The lowest BCUT2D eigenvalue weighted by Gasteiger charge is -2.14. The highest BCUT2D eigenvalue weighted by atomic mass is 15.2. The number of aromatic nitrogens is 5. The van der Waals surface area contributed by atoms with E-state index in [1.807, 2.05) is 48.5 Å². The SMILES string of the molecule is [2H]c1cc([2H])c2c(c1[2H])c1cc([2H])c3c4c([2H])c([2H])cc([2H])c4n(-c4nc(-c5ccc(-c6c([2H])c([2H])c([2H])c([2H])c6[2H])cc5)nc(-c5c([2H])c([2H])c([2H])c([2H])c5[2H])n4)c3c1n2-c1cccc(-c2ccccc2)c1. The van der Waals surface area contributed by atoms with Gasteiger partial charge < -0.3 is 4.57 Å². The highest BCUT2D eigenvalue weighted by Crippen LogP contribution is 2.42. The third-order valence-corrected chi connectivity index (χ3v) is 9.61. The van der Waals surface area contributed by atoms with Crippen LogP contribution >= 0.6 is 0 Å². The van der Waals surface area contributed by atoms with Gasteiger partial charge in [-0.05, 0) is 46.5 Å². The van der Waals surface area contributed by atoms with Crippen molar-refractivity contribution in [3.05, 3.63) is 200 Å². The molecule has 0 spiro atoms. The zero-order valence-electron chi connectivity index (χ0n) is 46.0. The highest BCUT2D eigenvalue weighted by molar-refractivity contribution is 6.23. The summed E-state index contributed by atoms with van der Waals surface area (Å²) in [5.41, 5.74) is 2.50. The number of fused-ring (bicyclic) bond motifs is 7. The van der Waals surface area contributed by atoms with Crippen LogP contribution in [0, 0.1) is 0 Å². The Labute approximate surface area is 347 Å². The van der Waals surface area contributed by atoms with E-state index in [4.69, 9.17) is 26.4 Å². The van der Waals surface area contributed by atoms with E-state index in [1.165, 1.54) is 41.0 Å². The molecular weight excluding hydrogens is 683 g/mol. The molecule has 56 heavy (non-hydrogen) atoms. The van der Waals surface area contributed by atoms with Gasteiger partial charge in [0, 0.05) is 38.4 Å². The summed E-state index contributed by atoms with van der Waals surface area (Å²) in [5.74, 6) is -0.932. The van der Waals surface area contributed by atoms with Crippen molar-refractivity contribution < 1.29 is 23.3 Å². The first-order chi connectivity index (χ1) is 34.8. The van der Waals surface area contributed by atoms with Crippen LogP contribution in [0.4, 0.5) is 0 Å². The van der Waals surface area contributed by atoms with Crippen LogP contribution in [0.25, 0.3) is 100 Å². The molecule has 0 saturated heterocycles. The minimum absolute atomic E-state index is 0.0260. The molecule has 0 bridgehead atoms. The Bertz CT molecular complexity index is 4170. The Hall–Kier alpha value is -7.63. The van der Waals surface area contributed by atoms with Crippen LogP contribution in [-0.4, -0.2) is 24.1 Å². The van der Waals surface area contributed by atoms with Crippen molar-refractivity contribution >= 4 is 43.6 Å². The number of nitrogens with zero attached hydrogens (tertiary/aromatic N) is 5. The first kappa shape index (κ1) is 19.1. The van der Waals surface area contributed by atoms with E-state index in [1.54, 1.807) is 10.6 Å². The maximum Gasteiger partial charge on any atom is 0.238 e. The Kier molecular flexibility index (Phi) is 4.45. The molecule has 0 atom stereocenters. The van der Waals surface area contributed by atoms with E-state index in [-0.39, 0.29) is 114 Å². The van der Waals surface area contributed by atoms with Crippen molar-refractivity contribution in [1.82, 2.24) is 24.1 Å². The summed E-state index contributed by atoms with van der Waals surface area (Å²) in [6.45, 7) is 0. The van der Waals surface area contributed by atoms with Crippen LogP contribution in [0.5, 0.6) is 0 Å². The van der Waals surface area contributed by atoms with Crippen molar-refractivity contribution in [2.24, 2.45) is 0 Å². The third-order valence-electron chi connectivity index (χ3n) is 9.61. The van der Waals surface area contributed by atoms with Crippen molar-refractivity contribution in [3.8, 4) is 56.7 Å². The second-order valence-corrected chi connectivity index (χ2v) is 12.8. The molecule has 0 radical (unpaired) electrons. The fraction of sp³-hybridized carbons (Fsp3) is 0. The lowest BCUT2D eigenvalue weighted by Crippen LogP contribution is -2.07. The Morgan fingerprint density at radius 3 is 1.68 bits per heavy atom. The lowest BCUT2D eigenvalue weighted by atomic mass is 10.0. The summed E-state index contributed by atoms with van der Waals surface area (Å²) < 4.78 is 153. The average Bonchev–Trinajstić information content (AvgIpc) is 3.93. The van der Waals surface area contributed by atoms with Crippen molar-refractivity contribution in [1.29, 1.82) is 0 Å². The summed E-state index contributed by atoms with van der Waals surface area (Å²) in [6.07, 6.45) is 0. The lowest BCUT2D eigenvalue weighted by molar-refractivity contribution is 0.953. The summed E-state index contributed by atoms with van der Waals surface area (Å²) in [5, 5.41) is 0.416. The highest BCUT2D eigenvalue weighted by Gasteiger charge is 2.23. The summed E-state index contributed by atoms with van der Waals surface area (Å²) in [7, 11) is 0. The maximum absolute atomic E-state index is 9.68. The van der Waals surface area contributed by atoms with Crippen molar-refractivity contribution in [2.45, 2.75) is 0 Å². The molecule has 0 unspecified atom stereocenters. The minimum atomic E-state index is -0.691. The predicted molar refractivity (Wildman–Crippen MR) is 230 cm³/mol. The van der Waals surface area contributed by atoms with Gasteiger partial charge in [0.2, 0.25) is 5.95 Å². The second-order valence-electron chi connectivity index (χ2n) is 12.8. The average molecular weight is 733 g/mol. The molecule has 0 fully saturated rings. The molecule has 0 N–H and O–H groups in total. The number of benzene rings is 8. The van der Waals surface area contributed by atoms with Crippen LogP contribution in [0.15, 0.2) is 200 Å². The molecule has 0 amide bonds. The fourth-order valence-electron chi connectivity index (χ4n) is 7.15. The third kappa shape index (κ3) is 5.21. The largest absolute Gasteiger partial charge is 0.307 e. The monoisotopic (exact) mass is 732 g/mol. The standard InChI is InChI=1S/C51H33N5/c1-4-15-34(16-5-1)36-27-29-38(30-28-36)50-52-49(37-19-8-3-9-20-37)53-51(54-50)56-46-26-13-11-24-42(46)44-32-31-43-41-23-10-12-25-45(41)55(47(43)48(44)56)40-22-14-21-39(33-40)35-17-6-2-7-18-35/h1-33H/i1D,3D,4D,5D,8D,9D,10D,11D,15D,16D,19D,20D,23D,24D,25D,26D,32D. The van der Waals surface area contributed by atoms with Gasteiger partial charge in [-0.2, -0.15) is 9.97 Å². The van der Waals surface area contributed by atoms with Crippen molar-refractivity contribution in [2.75, 3.05) is 0 Å². The summed E-state index contributed by atoms with van der Waals surface area (Å²) in [6, 6.07) is 18.9. The molecule has 5 heteroatoms. The van der Waals surface area contributed by atoms with Gasteiger partial charge in [0.25, 0.3) is 0 Å². The van der Waals surface area contributed by atoms with Crippen LogP contribution in [0.1, 0.15) is 23.3 Å². The Morgan fingerprint density at radius 2 is 0.946 bits per heavy atom. The maximum atomic E-state index is 9.68. The molecule has 3 heterocycles. The molecule has 3 aromatic heterocycles. The fourth-order valence-corrected chi connectivity index (χ4v) is 7.15. The molecule has 0 saturated carbocycles. The normalized spacial score (nSPS) is 15.8. The van der Waals surface area contributed by atoms with Gasteiger partial charge in [-0.3, -0.25) is 4.57 Å². The van der Waals surface area contributed by atoms with Gasteiger partial charge in [-0.15, -0.1) is 0 Å². The smallest absolute Gasteiger partial charge is 0.238 e. The van der Waals surface area contributed by atoms with Crippen molar-refractivity contribution in [3.63, 3.8) is 0 Å². The molecule has 5 nitrogen and oxygen atoms in total. The molecular formula is C51H33N5. The molecule has 0 aliphatic rings. The molecule has 0 aliphatic carbocycles. The first-order valence-electron chi connectivity index (χ1n) is 26.0. The first-order valence-corrected chi connectivity index (χ1v) is 17.5. The van der Waals surface area contributed by atoms with Crippen LogP contribution in [0.3, 0.4) is 0 Å². The summed E-state index contributed by atoms with van der Waals surface area (Å²) in [4.78, 5) is 14.4. The van der Waals surface area contributed by atoms with Crippen LogP contribution in [0.2, 0.25) is 0 Å². The van der Waals surface area contributed by atoms with Gasteiger partial charge >= 0.3 is 0 Å². The zero-order valence-corrected chi connectivity index (χ0v) is 29.0. The summed E-state index contributed by atoms with van der Waals surface area (Å²) >= 11 is 0. The van der Waals surface area contributed by atoms with E-state index >= 15 is 0 Å². The molecule has 11 aromatic rings. The molecule has 8 aromatic carbocycles. The van der Waals surface area contributed by atoms with E-state index < -0.39 is 71.8 Å². The minimum Gasteiger partial charge on any atom is -0.307 e. The quantitative estimate of drug-likeness (QED) is 0.171.